The predicted molar refractivity (Wildman–Crippen MR) is 97.7 cm³/mol. The Morgan fingerprint density at radius 1 is 1.39 bits per heavy atom. The maximum atomic E-state index is 13.2. The summed E-state index contributed by atoms with van der Waals surface area (Å²) in [5.74, 6) is -0.140. The zero-order valence-electron chi connectivity index (χ0n) is 14.2. The van der Waals surface area contributed by atoms with Crippen molar-refractivity contribution in [2.45, 2.75) is 17.4 Å². The molecule has 0 N–H and O–H groups in total. The third-order valence-electron chi connectivity index (χ3n) is 4.43. The zero-order valence-corrected chi connectivity index (χ0v) is 16.5. The molecule has 5 nitrogen and oxygen atoms in total. The molecule has 0 amide bonds. The summed E-state index contributed by atoms with van der Waals surface area (Å²) in [5, 5.41) is 13.2. The molecular weight excluding hydrogens is 435 g/mol. The van der Waals surface area contributed by atoms with Gasteiger partial charge in [-0.25, -0.2) is 14.3 Å². The molecule has 2 aromatic heterocycles. The van der Waals surface area contributed by atoms with E-state index in [2.05, 4.69) is 4.98 Å². The number of thiazole rings is 1. The maximum absolute atomic E-state index is 13.2. The number of aromatic nitrogens is 3. The molecule has 3 heterocycles. The number of hydrogen-bond acceptors (Lipinski definition) is 5. The van der Waals surface area contributed by atoms with Crippen LogP contribution in [0.5, 0.6) is 5.88 Å². The van der Waals surface area contributed by atoms with Crippen LogP contribution in [0.4, 0.5) is 13.2 Å². The van der Waals surface area contributed by atoms with Gasteiger partial charge in [0.15, 0.2) is 10.5 Å². The number of thioether (sulfide) groups is 1. The molecule has 1 aliphatic heterocycles. The van der Waals surface area contributed by atoms with Crippen molar-refractivity contribution in [3.63, 3.8) is 0 Å². The second-order valence-electron chi connectivity index (χ2n) is 6.12. The monoisotopic (exact) mass is 445 g/mol. The Balaban J connectivity index is 1.94. The molecule has 0 aliphatic carbocycles. The molecule has 0 radical (unpaired) electrons. The first-order valence-corrected chi connectivity index (χ1v) is 10.1. The van der Waals surface area contributed by atoms with Crippen molar-refractivity contribution in [1.29, 1.82) is 0 Å². The summed E-state index contributed by atoms with van der Waals surface area (Å²) in [6.45, 7) is 0. The summed E-state index contributed by atoms with van der Waals surface area (Å²) in [6, 6.07) is 3.85. The number of halogens is 4. The van der Waals surface area contributed by atoms with Gasteiger partial charge in [0.2, 0.25) is 0 Å². The predicted octanol–water partition coefficient (Wildman–Crippen LogP) is 3.24. The van der Waals surface area contributed by atoms with Gasteiger partial charge in [0.25, 0.3) is 0 Å². The third-order valence-corrected chi connectivity index (χ3v) is 6.86. The summed E-state index contributed by atoms with van der Waals surface area (Å²) in [4.78, 5) is 17.9. The fourth-order valence-corrected chi connectivity index (χ4v) is 5.52. The average Bonchev–Trinajstić information content (AvgIpc) is 3.26. The number of fused-ring (bicyclic) bond motifs is 1. The molecule has 0 saturated heterocycles. The van der Waals surface area contributed by atoms with Crippen LogP contribution in [0, 0.1) is 0 Å². The van der Waals surface area contributed by atoms with Crippen LogP contribution in [0.15, 0.2) is 40.4 Å². The topological polar surface area (TPSA) is 61.8 Å². The highest BCUT2D eigenvalue weighted by Gasteiger charge is 2.38. The van der Waals surface area contributed by atoms with Crippen LogP contribution in [0.25, 0.3) is 11.1 Å². The highest BCUT2D eigenvalue weighted by molar-refractivity contribution is 7.99. The first-order valence-electron chi connectivity index (χ1n) is 7.95. The van der Waals surface area contributed by atoms with E-state index in [1.807, 2.05) is 0 Å². The Kier molecular flexibility index (Phi) is 4.67. The van der Waals surface area contributed by atoms with Gasteiger partial charge < -0.3 is 5.11 Å². The lowest BCUT2D eigenvalue weighted by atomic mass is 10.0. The van der Waals surface area contributed by atoms with E-state index in [9.17, 15) is 23.1 Å². The summed E-state index contributed by atoms with van der Waals surface area (Å²) in [6.07, 6.45) is -3.01. The van der Waals surface area contributed by atoms with Gasteiger partial charge in [-0.2, -0.15) is 17.7 Å². The van der Waals surface area contributed by atoms with E-state index in [0.717, 1.165) is 17.0 Å². The van der Waals surface area contributed by atoms with Gasteiger partial charge in [0, 0.05) is 6.20 Å². The van der Waals surface area contributed by atoms with Crippen molar-refractivity contribution in [3.05, 3.63) is 55.7 Å². The summed E-state index contributed by atoms with van der Waals surface area (Å²) < 4.78 is 42.3. The first-order chi connectivity index (χ1) is 13.2. The van der Waals surface area contributed by atoms with E-state index < -0.39 is 29.2 Å². The Morgan fingerprint density at radius 2 is 2.14 bits per heavy atom. The molecule has 0 fully saturated rings. The Morgan fingerprint density at radius 3 is 2.79 bits per heavy atom. The molecule has 28 heavy (non-hydrogen) atoms. The van der Waals surface area contributed by atoms with Crippen LogP contribution in [0.2, 0.25) is 4.47 Å². The molecule has 146 valence electrons. The van der Waals surface area contributed by atoms with E-state index in [1.165, 1.54) is 51.4 Å². The SMILES string of the molecule is C[n+]1c([O-])c(-c2cccc(C(F)(F)F)c2)c(=O)n2c1SC[C@@H]2c1cnc(Cl)s1. The van der Waals surface area contributed by atoms with Gasteiger partial charge in [0.1, 0.15) is 5.56 Å². The van der Waals surface area contributed by atoms with Crippen molar-refractivity contribution in [2.75, 3.05) is 5.75 Å². The van der Waals surface area contributed by atoms with Gasteiger partial charge in [-0.05, 0) is 29.5 Å². The van der Waals surface area contributed by atoms with Crippen LogP contribution in [-0.4, -0.2) is 15.3 Å². The van der Waals surface area contributed by atoms with Crippen LogP contribution in [-0.2, 0) is 13.2 Å². The Hall–Kier alpha value is -2.04. The molecular formula is C17H11ClF3N3O2S2. The molecule has 0 saturated carbocycles. The minimum atomic E-state index is -4.58. The highest BCUT2D eigenvalue weighted by Crippen LogP contribution is 2.39. The van der Waals surface area contributed by atoms with Gasteiger partial charge in [-0.15, -0.1) is 11.3 Å². The zero-order chi connectivity index (χ0) is 20.2. The molecule has 0 unspecified atom stereocenters. The number of alkyl halides is 3. The molecule has 3 aromatic rings. The summed E-state index contributed by atoms with van der Waals surface area (Å²) in [5.41, 5.74) is -1.90. The van der Waals surface area contributed by atoms with E-state index >= 15 is 0 Å². The largest absolute Gasteiger partial charge is 0.842 e. The standard InChI is InChI=1S/C17H11ClF3N3O2S2/c1-23-13(25)12(8-3-2-4-9(5-8)17(19,20)21)14(26)24-10(7-27-16(23)24)11-6-22-15(18)28-11/h2-6,10H,7H2,1H3/t10-/m1/s1. The quantitative estimate of drug-likeness (QED) is 0.449. The normalized spacial score (nSPS) is 16.4. The van der Waals surface area contributed by atoms with Gasteiger partial charge in [-0.1, -0.05) is 23.7 Å². The number of hydrogen-bond donors (Lipinski definition) is 0. The van der Waals surface area contributed by atoms with E-state index in [1.54, 1.807) is 6.20 Å². The molecule has 0 spiro atoms. The lowest BCUT2D eigenvalue weighted by Gasteiger charge is -2.17. The number of nitrogens with zero attached hydrogens (tertiary/aromatic N) is 3. The van der Waals surface area contributed by atoms with Crippen molar-refractivity contribution in [2.24, 2.45) is 7.05 Å². The number of benzene rings is 1. The third kappa shape index (κ3) is 3.09. The fourth-order valence-electron chi connectivity index (χ4n) is 3.11. The number of rotatable bonds is 2. The van der Waals surface area contributed by atoms with Crippen molar-refractivity contribution >= 4 is 34.7 Å². The minimum absolute atomic E-state index is 0.0614. The van der Waals surface area contributed by atoms with Gasteiger partial charge in [-0.3, -0.25) is 0 Å². The molecule has 1 aliphatic rings. The van der Waals surface area contributed by atoms with Crippen molar-refractivity contribution < 1.29 is 22.8 Å². The van der Waals surface area contributed by atoms with E-state index in [-0.39, 0.29) is 11.1 Å². The van der Waals surface area contributed by atoms with Crippen molar-refractivity contribution in [3.8, 4) is 17.0 Å². The highest BCUT2D eigenvalue weighted by atomic mass is 35.5. The van der Waals surface area contributed by atoms with Crippen LogP contribution in [0.3, 0.4) is 0 Å². The van der Waals surface area contributed by atoms with Crippen LogP contribution in [0.1, 0.15) is 16.5 Å². The summed E-state index contributed by atoms with van der Waals surface area (Å²) in [7, 11) is 1.50. The first kappa shape index (κ1) is 19.3. The van der Waals surface area contributed by atoms with Gasteiger partial charge in [0.05, 0.1) is 29.1 Å². The molecule has 1 atom stereocenters. The Bertz CT molecular complexity index is 1140. The van der Waals surface area contributed by atoms with E-state index in [4.69, 9.17) is 11.6 Å². The van der Waals surface area contributed by atoms with Crippen molar-refractivity contribution in [1.82, 2.24) is 9.55 Å². The second-order valence-corrected chi connectivity index (χ2v) is 8.75. The lowest BCUT2D eigenvalue weighted by Crippen LogP contribution is -2.43. The average molecular weight is 446 g/mol. The maximum Gasteiger partial charge on any atom is 0.416 e. The second kappa shape index (κ2) is 6.78. The van der Waals surface area contributed by atoms with Crippen LogP contribution < -0.4 is 15.2 Å². The molecule has 1 aromatic carbocycles. The van der Waals surface area contributed by atoms with Crippen LogP contribution >= 0.6 is 34.7 Å². The van der Waals surface area contributed by atoms with E-state index in [0.29, 0.717) is 15.4 Å². The molecule has 0 bridgehead atoms. The molecule has 11 heteroatoms. The van der Waals surface area contributed by atoms with Gasteiger partial charge >= 0.3 is 16.9 Å². The fraction of sp³-hybridized carbons (Fsp3) is 0.235. The Labute approximate surface area is 170 Å². The minimum Gasteiger partial charge on any atom is -0.842 e. The summed E-state index contributed by atoms with van der Waals surface area (Å²) >= 11 is 8.45. The molecule has 4 rings (SSSR count). The lowest BCUT2D eigenvalue weighted by molar-refractivity contribution is -0.751. The smallest absolute Gasteiger partial charge is 0.416 e.